The summed E-state index contributed by atoms with van der Waals surface area (Å²) < 4.78 is 5.23. The molecule has 0 bridgehead atoms. The number of methoxy groups -OCH3 is 1. The summed E-state index contributed by atoms with van der Waals surface area (Å²) in [6.45, 7) is 3.75. The van der Waals surface area contributed by atoms with E-state index in [1.54, 1.807) is 7.11 Å². The molecule has 2 heteroatoms. The fourth-order valence-electron chi connectivity index (χ4n) is 2.21. The highest BCUT2D eigenvalue weighted by molar-refractivity contribution is 5.53. The number of benzene rings is 2. The Hall–Kier alpha value is -2.48. The SMILES string of the molecule is C=CCc1cc(C/C=C/c2ccccc2)c(O)c(OC)c1. The van der Waals surface area contributed by atoms with Gasteiger partial charge in [-0.15, -0.1) is 6.58 Å². The molecule has 0 heterocycles. The highest BCUT2D eigenvalue weighted by atomic mass is 16.5. The number of ether oxygens (including phenoxy) is 1. The number of hydrogen-bond acceptors (Lipinski definition) is 2. The first-order valence-corrected chi connectivity index (χ1v) is 6.96. The van der Waals surface area contributed by atoms with Crippen molar-refractivity contribution in [2.75, 3.05) is 7.11 Å². The van der Waals surface area contributed by atoms with E-state index < -0.39 is 0 Å². The molecule has 0 fully saturated rings. The summed E-state index contributed by atoms with van der Waals surface area (Å²) in [6, 6.07) is 13.9. The van der Waals surface area contributed by atoms with Crippen LogP contribution in [0.3, 0.4) is 0 Å². The van der Waals surface area contributed by atoms with E-state index in [9.17, 15) is 5.11 Å². The summed E-state index contributed by atoms with van der Waals surface area (Å²) in [7, 11) is 1.57. The molecule has 0 aliphatic heterocycles. The monoisotopic (exact) mass is 280 g/mol. The second kappa shape index (κ2) is 7.34. The van der Waals surface area contributed by atoms with Crippen LogP contribution in [0.1, 0.15) is 16.7 Å². The zero-order chi connectivity index (χ0) is 15.1. The Morgan fingerprint density at radius 3 is 2.57 bits per heavy atom. The number of aromatic hydroxyl groups is 1. The molecule has 0 amide bonds. The molecule has 0 spiro atoms. The van der Waals surface area contributed by atoms with Crippen LogP contribution in [-0.4, -0.2) is 12.2 Å². The van der Waals surface area contributed by atoms with Gasteiger partial charge in [-0.05, 0) is 30.0 Å². The van der Waals surface area contributed by atoms with Crippen molar-refractivity contribution >= 4 is 6.08 Å². The zero-order valence-electron chi connectivity index (χ0n) is 12.3. The van der Waals surface area contributed by atoms with E-state index in [0.29, 0.717) is 12.2 Å². The van der Waals surface area contributed by atoms with E-state index in [1.807, 2.05) is 60.7 Å². The standard InChI is InChI=1S/C19H20O2/c1-3-8-16-13-17(19(20)18(14-16)21-2)12-7-11-15-9-5-4-6-10-15/h3-7,9-11,13-14,20H,1,8,12H2,2H3/b11-7+. The van der Waals surface area contributed by atoms with Crippen LogP contribution in [0.2, 0.25) is 0 Å². The van der Waals surface area contributed by atoms with E-state index in [0.717, 1.165) is 23.1 Å². The highest BCUT2D eigenvalue weighted by Gasteiger charge is 2.09. The molecule has 0 saturated heterocycles. The molecule has 0 saturated carbocycles. The molecule has 2 aromatic carbocycles. The van der Waals surface area contributed by atoms with Gasteiger partial charge in [0.05, 0.1) is 7.11 Å². The average Bonchev–Trinajstić information content (AvgIpc) is 2.51. The van der Waals surface area contributed by atoms with Gasteiger partial charge in [-0.3, -0.25) is 0 Å². The first-order chi connectivity index (χ1) is 10.2. The van der Waals surface area contributed by atoms with Crippen LogP contribution in [0, 0.1) is 0 Å². The highest BCUT2D eigenvalue weighted by Crippen LogP contribution is 2.32. The maximum atomic E-state index is 10.2. The van der Waals surface area contributed by atoms with Crippen LogP contribution >= 0.6 is 0 Å². The van der Waals surface area contributed by atoms with Crippen LogP contribution in [0.15, 0.2) is 61.2 Å². The minimum absolute atomic E-state index is 0.211. The minimum atomic E-state index is 0.211. The fourth-order valence-corrected chi connectivity index (χ4v) is 2.21. The van der Waals surface area contributed by atoms with Crippen LogP contribution < -0.4 is 4.74 Å². The maximum absolute atomic E-state index is 10.2. The Morgan fingerprint density at radius 2 is 1.90 bits per heavy atom. The minimum Gasteiger partial charge on any atom is -0.504 e. The molecule has 2 aromatic rings. The van der Waals surface area contributed by atoms with Crippen molar-refractivity contribution in [1.29, 1.82) is 0 Å². The van der Waals surface area contributed by atoms with Crippen LogP contribution in [0.25, 0.3) is 6.08 Å². The molecule has 2 rings (SSSR count). The Kier molecular flexibility index (Phi) is 5.22. The van der Waals surface area contributed by atoms with Crippen molar-refractivity contribution in [1.82, 2.24) is 0 Å². The molecule has 0 radical (unpaired) electrons. The van der Waals surface area contributed by atoms with Crippen LogP contribution in [0.4, 0.5) is 0 Å². The number of phenols is 1. The van der Waals surface area contributed by atoms with E-state index in [4.69, 9.17) is 4.74 Å². The predicted octanol–water partition coefficient (Wildman–Crippen LogP) is 4.39. The second-order valence-corrected chi connectivity index (χ2v) is 4.82. The normalized spacial score (nSPS) is 10.7. The van der Waals surface area contributed by atoms with Gasteiger partial charge in [0, 0.05) is 5.56 Å². The van der Waals surface area contributed by atoms with E-state index >= 15 is 0 Å². The molecule has 0 aromatic heterocycles. The van der Waals surface area contributed by atoms with Gasteiger partial charge in [0.2, 0.25) is 0 Å². The Labute approximate surface area is 126 Å². The van der Waals surface area contributed by atoms with Crippen molar-refractivity contribution in [3.8, 4) is 11.5 Å². The van der Waals surface area contributed by atoms with Gasteiger partial charge < -0.3 is 9.84 Å². The molecule has 108 valence electrons. The molecule has 0 aliphatic carbocycles. The molecule has 21 heavy (non-hydrogen) atoms. The predicted molar refractivity (Wildman–Crippen MR) is 87.7 cm³/mol. The molecule has 0 aliphatic rings. The fraction of sp³-hybridized carbons (Fsp3) is 0.158. The van der Waals surface area contributed by atoms with Crippen molar-refractivity contribution in [3.05, 3.63) is 77.9 Å². The Balaban J connectivity index is 2.20. The lowest BCUT2D eigenvalue weighted by molar-refractivity contribution is 0.370. The molecular formula is C19H20O2. The number of hydrogen-bond donors (Lipinski definition) is 1. The summed E-state index contributed by atoms with van der Waals surface area (Å²) in [5, 5.41) is 10.2. The molecular weight excluding hydrogens is 260 g/mol. The molecule has 2 nitrogen and oxygen atoms in total. The van der Waals surface area contributed by atoms with Crippen molar-refractivity contribution in [2.24, 2.45) is 0 Å². The topological polar surface area (TPSA) is 29.5 Å². The second-order valence-electron chi connectivity index (χ2n) is 4.82. The van der Waals surface area contributed by atoms with Crippen LogP contribution in [0.5, 0.6) is 11.5 Å². The van der Waals surface area contributed by atoms with E-state index in [1.165, 1.54) is 0 Å². The summed E-state index contributed by atoms with van der Waals surface area (Å²) in [5.41, 5.74) is 3.09. The first kappa shape index (κ1) is 14.9. The molecule has 1 N–H and O–H groups in total. The lowest BCUT2D eigenvalue weighted by Crippen LogP contribution is -1.93. The lowest BCUT2D eigenvalue weighted by Gasteiger charge is -2.10. The third-order valence-electron chi connectivity index (χ3n) is 3.26. The number of allylic oxidation sites excluding steroid dienone is 2. The number of phenolic OH excluding ortho intramolecular Hbond substituents is 1. The summed E-state index contributed by atoms with van der Waals surface area (Å²) >= 11 is 0. The van der Waals surface area contributed by atoms with Gasteiger partial charge in [-0.25, -0.2) is 0 Å². The molecule has 0 atom stereocenters. The van der Waals surface area contributed by atoms with E-state index in [-0.39, 0.29) is 5.75 Å². The Morgan fingerprint density at radius 1 is 1.14 bits per heavy atom. The average molecular weight is 280 g/mol. The first-order valence-electron chi connectivity index (χ1n) is 6.96. The summed E-state index contributed by atoms with van der Waals surface area (Å²) in [5.74, 6) is 0.723. The van der Waals surface area contributed by atoms with Gasteiger partial charge >= 0.3 is 0 Å². The Bertz CT molecular complexity index is 628. The van der Waals surface area contributed by atoms with Crippen molar-refractivity contribution in [3.63, 3.8) is 0 Å². The number of rotatable bonds is 6. The lowest BCUT2D eigenvalue weighted by atomic mass is 10.0. The molecule has 0 unspecified atom stereocenters. The quantitative estimate of drug-likeness (QED) is 0.795. The summed E-state index contributed by atoms with van der Waals surface area (Å²) in [4.78, 5) is 0. The van der Waals surface area contributed by atoms with Gasteiger partial charge in [0.15, 0.2) is 11.5 Å². The van der Waals surface area contributed by atoms with Gasteiger partial charge in [-0.2, -0.15) is 0 Å². The third-order valence-corrected chi connectivity index (χ3v) is 3.26. The van der Waals surface area contributed by atoms with Gasteiger partial charge in [0.1, 0.15) is 0 Å². The van der Waals surface area contributed by atoms with Gasteiger partial charge in [-0.1, -0.05) is 54.6 Å². The van der Waals surface area contributed by atoms with Crippen molar-refractivity contribution in [2.45, 2.75) is 12.8 Å². The maximum Gasteiger partial charge on any atom is 0.161 e. The smallest absolute Gasteiger partial charge is 0.161 e. The third kappa shape index (κ3) is 3.99. The zero-order valence-corrected chi connectivity index (χ0v) is 12.3. The van der Waals surface area contributed by atoms with E-state index in [2.05, 4.69) is 6.58 Å². The van der Waals surface area contributed by atoms with Crippen LogP contribution in [-0.2, 0) is 12.8 Å². The summed E-state index contributed by atoms with van der Waals surface area (Å²) in [6.07, 6.45) is 7.34. The largest absolute Gasteiger partial charge is 0.504 e. The van der Waals surface area contributed by atoms with Gasteiger partial charge in [0.25, 0.3) is 0 Å². The van der Waals surface area contributed by atoms with Crippen molar-refractivity contribution < 1.29 is 9.84 Å².